The molecule has 0 radical (unpaired) electrons. The molecule has 3 nitrogen and oxygen atoms in total. The summed E-state index contributed by atoms with van der Waals surface area (Å²) in [4.78, 5) is 10.3. The van der Waals surface area contributed by atoms with E-state index < -0.39 is 5.97 Å². The van der Waals surface area contributed by atoms with Crippen molar-refractivity contribution in [2.24, 2.45) is 0 Å². The number of methoxy groups -OCH3 is 1. The first-order valence-electron chi connectivity index (χ1n) is 4.86. The highest BCUT2D eigenvalue weighted by molar-refractivity contribution is 9.10. The fraction of sp³-hybridized carbons (Fsp3) is 0.250. The molecular weight excluding hydrogens is 272 g/mol. The predicted octanol–water partition coefficient (Wildman–Crippen LogP) is 3.34. The standard InChI is InChI=1S/C12H13BrO3/c1-16-10-7-4-6-9(12(10)13)5-2-3-8-11(14)15/h2,4-7H,3,8H2,1H3,(H,14,15)/b5-2+. The largest absolute Gasteiger partial charge is 0.496 e. The Morgan fingerprint density at radius 1 is 1.56 bits per heavy atom. The van der Waals surface area contributed by atoms with E-state index in [0.717, 1.165) is 15.8 Å². The topological polar surface area (TPSA) is 46.5 Å². The number of carboxylic acids is 1. The van der Waals surface area contributed by atoms with Crippen molar-refractivity contribution in [2.45, 2.75) is 12.8 Å². The molecule has 1 aromatic carbocycles. The molecule has 1 rings (SSSR count). The molecule has 1 aromatic rings. The molecule has 0 saturated heterocycles. The molecule has 1 N–H and O–H groups in total. The summed E-state index contributed by atoms with van der Waals surface area (Å²) < 4.78 is 6.03. The zero-order chi connectivity index (χ0) is 12.0. The molecule has 16 heavy (non-hydrogen) atoms. The lowest BCUT2D eigenvalue weighted by Crippen LogP contribution is -1.91. The Morgan fingerprint density at radius 2 is 2.31 bits per heavy atom. The van der Waals surface area contributed by atoms with Gasteiger partial charge in [0.25, 0.3) is 0 Å². The summed E-state index contributed by atoms with van der Waals surface area (Å²) >= 11 is 3.43. The van der Waals surface area contributed by atoms with Gasteiger partial charge in [0.2, 0.25) is 0 Å². The van der Waals surface area contributed by atoms with Crippen LogP contribution in [0.5, 0.6) is 5.75 Å². The van der Waals surface area contributed by atoms with E-state index in [1.54, 1.807) is 7.11 Å². The fourth-order valence-electron chi connectivity index (χ4n) is 1.23. The molecule has 0 fully saturated rings. The van der Waals surface area contributed by atoms with Gasteiger partial charge in [-0.1, -0.05) is 24.3 Å². The molecule has 0 aromatic heterocycles. The van der Waals surface area contributed by atoms with Crippen LogP contribution in [0.2, 0.25) is 0 Å². The molecule has 0 heterocycles. The van der Waals surface area contributed by atoms with Crippen LogP contribution in [0, 0.1) is 0 Å². The Labute approximate surface area is 103 Å². The van der Waals surface area contributed by atoms with Crippen molar-refractivity contribution < 1.29 is 14.6 Å². The third-order valence-electron chi connectivity index (χ3n) is 2.04. The van der Waals surface area contributed by atoms with Crippen LogP contribution >= 0.6 is 15.9 Å². The molecule has 0 saturated carbocycles. The van der Waals surface area contributed by atoms with Crippen molar-refractivity contribution in [1.82, 2.24) is 0 Å². The Morgan fingerprint density at radius 3 is 2.94 bits per heavy atom. The van der Waals surface area contributed by atoms with Gasteiger partial charge in [0, 0.05) is 6.42 Å². The van der Waals surface area contributed by atoms with E-state index in [4.69, 9.17) is 9.84 Å². The zero-order valence-corrected chi connectivity index (χ0v) is 10.5. The Kier molecular flexibility index (Phi) is 5.05. The van der Waals surface area contributed by atoms with Crippen LogP contribution < -0.4 is 4.74 Å². The van der Waals surface area contributed by atoms with Crippen LogP contribution in [0.15, 0.2) is 28.7 Å². The van der Waals surface area contributed by atoms with E-state index in [-0.39, 0.29) is 6.42 Å². The maximum Gasteiger partial charge on any atom is 0.303 e. The van der Waals surface area contributed by atoms with E-state index in [9.17, 15) is 4.79 Å². The van der Waals surface area contributed by atoms with E-state index in [1.807, 2.05) is 30.4 Å². The van der Waals surface area contributed by atoms with Gasteiger partial charge in [0.05, 0.1) is 11.6 Å². The number of allylic oxidation sites excluding steroid dienone is 1. The van der Waals surface area contributed by atoms with Crippen LogP contribution in [-0.4, -0.2) is 18.2 Å². The second-order valence-electron chi connectivity index (χ2n) is 3.20. The summed E-state index contributed by atoms with van der Waals surface area (Å²) in [6.07, 6.45) is 4.40. The highest BCUT2D eigenvalue weighted by Crippen LogP contribution is 2.29. The average Bonchev–Trinajstić information content (AvgIpc) is 2.26. The van der Waals surface area contributed by atoms with Crippen LogP contribution in [0.4, 0.5) is 0 Å². The number of aliphatic carboxylic acids is 1. The van der Waals surface area contributed by atoms with Gasteiger partial charge in [-0.15, -0.1) is 0 Å². The summed E-state index contributed by atoms with van der Waals surface area (Å²) in [5, 5.41) is 8.48. The lowest BCUT2D eigenvalue weighted by molar-refractivity contribution is -0.136. The number of hydrogen-bond donors (Lipinski definition) is 1. The van der Waals surface area contributed by atoms with Gasteiger partial charge in [-0.3, -0.25) is 4.79 Å². The Bertz CT molecular complexity index is 399. The van der Waals surface area contributed by atoms with Crippen molar-refractivity contribution in [3.63, 3.8) is 0 Å². The van der Waals surface area contributed by atoms with Gasteiger partial charge >= 0.3 is 5.97 Å². The smallest absolute Gasteiger partial charge is 0.303 e. The highest BCUT2D eigenvalue weighted by Gasteiger charge is 2.02. The normalized spacial score (nSPS) is 10.6. The van der Waals surface area contributed by atoms with Gasteiger partial charge < -0.3 is 9.84 Å². The van der Waals surface area contributed by atoms with Gasteiger partial charge in [-0.2, -0.15) is 0 Å². The van der Waals surface area contributed by atoms with Gasteiger partial charge in [0.15, 0.2) is 0 Å². The molecule has 4 heteroatoms. The number of benzene rings is 1. The van der Waals surface area contributed by atoms with Gasteiger partial charge in [-0.05, 0) is 34.0 Å². The summed E-state index contributed by atoms with van der Waals surface area (Å²) in [7, 11) is 1.61. The first-order chi connectivity index (χ1) is 7.65. The first kappa shape index (κ1) is 12.8. The van der Waals surface area contributed by atoms with Crippen LogP contribution in [0.25, 0.3) is 6.08 Å². The van der Waals surface area contributed by atoms with Gasteiger partial charge in [0.1, 0.15) is 5.75 Å². The molecule has 0 aliphatic carbocycles. The number of carboxylic acid groups (broad SMARTS) is 1. The quantitative estimate of drug-likeness (QED) is 0.902. The number of hydrogen-bond acceptors (Lipinski definition) is 2. The maximum atomic E-state index is 10.3. The second kappa shape index (κ2) is 6.33. The minimum atomic E-state index is -0.783. The van der Waals surface area contributed by atoms with Crippen LogP contribution in [0.3, 0.4) is 0 Å². The lowest BCUT2D eigenvalue weighted by Gasteiger charge is -2.05. The maximum absolute atomic E-state index is 10.3. The van der Waals surface area contributed by atoms with Crippen molar-refractivity contribution in [3.05, 3.63) is 34.3 Å². The predicted molar refractivity (Wildman–Crippen MR) is 66.6 cm³/mol. The Hall–Kier alpha value is -1.29. The molecule has 0 aliphatic heterocycles. The second-order valence-corrected chi connectivity index (χ2v) is 3.99. The summed E-state index contributed by atoms with van der Waals surface area (Å²) in [6, 6.07) is 5.68. The SMILES string of the molecule is COc1cccc(/C=C/CCC(=O)O)c1Br. The number of rotatable bonds is 5. The van der Waals surface area contributed by atoms with Crippen molar-refractivity contribution >= 4 is 28.0 Å². The average molecular weight is 285 g/mol. The molecule has 0 amide bonds. The van der Waals surface area contributed by atoms with E-state index in [1.165, 1.54) is 0 Å². The van der Waals surface area contributed by atoms with E-state index >= 15 is 0 Å². The molecular formula is C12H13BrO3. The summed E-state index contributed by atoms with van der Waals surface area (Å²) in [5.74, 6) is -0.0188. The lowest BCUT2D eigenvalue weighted by atomic mass is 10.2. The van der Waals surface area contributed by atoms with Crippen molar-refractivity contribution in [3.8, 4) is 5.75 Å². The summed E-state index contributed by atoms with van der Waals surface area (Å²) in [5.41, 5.74) is 0.977. The number of halogens is 1. The minimum absolute atomic E-state index is 0.151. The summed E-state index contributed by atoms with van der Waals surface area (Å²) in [6.45, 7) is 0. The molecule has 0 aliphatic rings. The minimum Gasteiger partial charge on any atom is -0.496 e. The molecule has 0 atom stereocenters. The molecule has 86 valence electrons. The van der Waals surface area contributed by atoms with E-state index in [0.29, 0.717) is 6.42 Å². The monoisotopic (exact) mass is 284 g/mol. The fourth-order valence-corrected chi connectivity index (χ4v) is 1.79. The Balaban J connectivity index is 2.70. The third kappa shape index (κ3) is 3.70. The van der Waals surface area contributed by atoms with Crippen molar-refractivity contribution in [1.29, 1.82) is 0 Å². The number of ether oxygens (including phenoxy) is 1. The first-order valence-corrected chi connectivity index (χ1v) is 5.65. The van der Waals surface area contributed by atoms with Crippen molar-refractivity contribution in [2.75, 3.05) is 7.11 Å². The van der Waals surface area contributed by atoms with E-state index in [2.05, 4.69) is 15.9 Å². The highest BCUT2D eigenvalue weighted by atomic mass is 79.9. The number of carbonyl (C=O) groups is 1. The molecule has 0 spiro atoms. The van der Waals surface area contributed by atoms with Crippen LogP contribution in [0.1, 0.15) is 18.4 Å². The van der Waals surface area contributed by atoms with Gasteiger partial charge in [-0.25, -0.2) is 0 Å². The molecule has 0 bridgehead atoms. The third-order valence-corrected chi connectivity index (χ3v) is 2.88. The zero-order valence-electron chi connectivity index (χ0n) is 8.94. The molecule has 0 unspecified atom stereocenters. The van der Waals surface area contributed by atoms with Crippen LogP contribution in [-0.2, 0) is 4.79 Å².